The van der Waals surface area contributed by atoms with Crippen LogP contribution in [-0.4, -0.2) is 16.4 Å². The van der Waals surface area contributed by atoms with E-state index in [9.17, 15) is 18.8 Å². The van der Waals surface area contributed by atoms with E-state index >= 15 is 0 Å². The summed E-state index contributed by atoms with van der Waals surface area (Å²) in [6, 6.07) is 2.76. The van der Waals surface area contributed by atoms with Crippen LogP contribution in [0.3, 0.4) is 0 Å². The van der Waals surface area contributed by atoms with Crippen molar-refractivity contribution in [2.45, 2.75) is 32.7 Å². The molecule has 0 atom stereocenters. The van der Waals surface area contributed by atoms with Gasteiger partial charge in [0.2, 0.25) is 11.8 Å². The Morgan fingerprint density at radius 2 is 2.17 bits per heavy atom. The van der Waals surface area contributed by atoms with Gasteiger partial charge in [0.25, 0.3) is 0 Å². The Hall–Kier alpha value is -2.48. The molecule has 0 aliphatic carbocycles. The van der Waals surface area contributed by atoms with Crippen molar-refractivity contribution in [3.05, 3.63) is 44.3 Å². The smallest absolute Gasteiger partial charge is 0.307 e. The fourth-order valence-electron chi connectivity index (χ4n) is 2.59. The summed E-state index contributed by atoms with van der Waals surface area (Å²) in [5.74, 6) is -1.06. The van der Waals surface area contributed by atoms with Gasteiger partial charge in [-0.2, -0.15) is 0 Å². The molecule has 24 heavy (non-hydrogen) atoms. The van der Waals surface area contributed by atoms with E-state index in [0.29, 0.717) is 24.1 Å². The molecule has 8 heteroatoms. The molecule has 2 N–H and O–H groups in total. The molecule has 3 rings (SSSR count). The Balaban J connectivity index is 1.69. The van der Waals surface area contributed by atoms with E-state index in [1.165, 1.54) is 16.7 Å². The zero-order valence-electron chi connectivity index (χ0n) is 13.0. The van der Waals surface area contributed by atoms with Crippen molar-refractivity contribution in [2.24, 2.45) is 0 Å². The van der Waals surface area contributed by atoms with Crippen LogP contribution in [0.1, 0.15) is 24.1 Å². The number of nitrogens with zero attached hydrogens (tertiary/aromatic N) is 1. The number of amides is 2. The molecule has 0 saturated heterocycles. The maximum atomic E-state index is 14.1. The third kappa shape index (κ3) is 3.38. The van der Waals surface area contributed by atoms with Crippen molar-refractivity contribution in [1.29, 1.82) is 0 Å². The fourth-order valence-corrected chi connectivity index (χ4v) is 3.36. The Labute approximate surface area is 141 Å². The zero-order valence-corrected chi connectivity index (χ0v) is 13.8. The highest BCUT2D eigenvalue weighted by Gasteiger charge is 2.18. The fraction of sp³-hybridized carbons (Fsp3) is 0.312. The molecule has 0 unspecified atom stereocenters. The second-order valence-corrected chi connectivity index (χ2v) is 6.45. The molecule has 1 aliphatic rings. The van der Waals surface area contributed by atoms with Crippen LogP contribution in [0.15, 0.2) is 22.3 Å². The predicted octanol–water partition coefficient (Wildman–Crippen LogP) is 2.27. The Bertz CT molecular complexity index is 872. The molecular formula is C16H16FN3O3S. The Morgan fingerprint density at radius 3 is 2.88 bits per heavy atom. The van der Waals surface area contributed by atoms with Crippen LogP contribution in [0.2, 0.25) is 0 Å². The molecule has 1 aromatic carbocycles. The van der Waals surface area contributed by atoms with Gasteiger partial charge in [0, 0.05) is 36.1 Å². The molecule has 0 radical (unpaired) electrons. The highest BCUT2D eigenvalue weighted by Crippen LogP contribution is 2.28. The van der Waals surface area contributed by atoms with Crippen molar-refractivity contribution < 1.29 is 14.0 Å². The van der Waals surface area contributed by atoms with Gasteiger partial charge >= 0.3 is 4.87 Å². The van der Waals surface area contributed by atoms with Gasteiger partial charge < -0.3 is 15.2 Å². The SMILES string of the molecule is Cc1csc(=O)n1CCC(=O)Nc1cc2c(cc1F)CCC(=O)N2. The maximum absolute atomic E-state index is 14.1. The number of aromatic nitrogens is 1. The van der Waals surface area contributed by atoms with E-state index in [-0.39, 0.29) is 29.4 Å². The highest BCUT2D eigenvalue weighted by atomic mass is 32.1. The van der Waals surface area contributed by atoms with E-state index in [2.05, 4.69) is 10.6 Å². The summed E-state index contributed by atoms with van der Waals surface area (Å²) < 4.78 is 15.6. The summed E-state index contributed by atoms with van der Waals surface area (Å²) in [6.07, 6.45) is 0.861. The number of fused-ring (bicyclic) bond motifs is 1. The molecule has 0 fully saturated rings. The zero-order chi connectivity index (χ0) is 17.3. The lowest BCUT2D eigenvalue weighted by molar-refractivity contribution is -0.117. The number of carbonyl (C=O) groups excluding carboxylic acids is 2. The van der Waals surface area contributed by atoms with Gasteiger partial charge in [-0.15, -0.1) is 0 Å². The van der Waals surface area contributed by atoms with E-state index in [0.717, 1.165) is 17.0 Å². The molecule has 6 nitrogen and oxygen atoms in total. The lowest BCUT2D eigenvalue weighted by Crippen LogP contribution is -2.22. The van der Waals surface area contributed by atoms with Gasteiger partial charge in [-0.05, 0) is 31.0 Å². The number of benzene rings is 1. The minimum atomic E-state index is -0.540. The first-order valence-electron chi connectivity index (χ1n) is 7.51. The molecule has 2 heterocycles. The van der Waals surface area contributed by atoms with E-state index in [1.807, 2.05) is 0 Å². The van der Waals surface area contributed by atoms with Crippen molar-refractivity contribution in [1.82, 2.24) is 4.57 Å². The quantitative estimate of drug-likeness (QED) is 0.889. The molecule has 0 spiro atoms. The minimum Gasteiger partial charge on any atom is -0.326 e. The summed E-state index contributed by atoms with van der Waals surface area (Å²) in [4.78, 5) is 34.9. The van der Waals surface area contributed by atoms with Crippen LogP contribution in [0.4, 0.5) is 15.8 Å². The summed E-state index contributed by atoms with van der Waals surface area (Å²) in [5, 5.41) is 6.90. The first-order chi connectivity index (χ1) is 11.4. The van der Waals surface area contributed by atoms with Crippen LogP contribution < -0.4 is 15.5 Å². The summed E-state index contributed by atoms with van der Waals surface area (Å²) in [5.41, 5.74) is 2.05. The number of halogens is 1. The van der Waals surface area contributed by atoms with Crippen LogP contribution >= 0.6 is 11.3 Å². The van der Waals surface area contributed by atoms with Crippen molar-refractivity contribution in [3.8, 4) is 0 Å². The van der Waals surface area contributed by atoms with Crippen molar-refractivity contribution >= 4 is 34.5 Å². The van der Waals surface area contributed by atoms with E-state index in [1.54, 1.807) is 12.3 Å². The number of aryl methyl sites for hydroxylation is 2. The highest BCUT2D eigenvalue weighted by molar-refractivity contribution is 7.07. The third-order valence-electron chi connectivity index (χ3n) is 3.90. The minimum absolute atomic E-state index is 0.0235. The molecule has 2 aromatic rings. The molecule has 0 bridgehead atoms. The van der Waals surface area contributed by atoms with Crippen LogP contribution in [0, 0.1) is 12.7 Å². The molecule has 0 saturated carbocycles. The molecule has 1 aliphatic heterocycles. The largest absolute Gasteiger partial charge is 0.326 e. The van der Waals surface area contributed by atoms with Gasteiger partial charge in [-0.25, -0.2) is 4.39 Å². The van der Waals surface area contributed by atoms with E-state index < -0.39 is 11.7 Å². The van der Waals surface area contributed by atoms with Crippen molar-refractivity contribution in [3.63, 3.8) is 0 Å². The van der Waals surface area contributed by atoms with Crippen molar-refractivity contribution in [2.75, 3.05) is 10.6 Å². The first-order valence-corrected chi connectivity index (χ1v) is 8.39. The first kappa shape index (κ1) is 16.4. The predicted molar refractivity (Wildman–Crippen MR) is 89.9 cm³/mol. The van der Waals surface area contributed by atoms with Gasteiger partial charge in [-0.3, -0.25) is 14.4 Å². The van der Waals surface area contributed by atoms with Gasteiger partial charge in [0.05, 0.1) is 5.69 Å². The number of hydrogen-bond donors (Lipinski definition) is 2. The number of anilines is 2. The van der Waals surface area contributed by atoms with Crippen LogP contribution in [0.5, 0.6) is 0 Å². The second-order valence-electron chi connectivity index (χ2n) is 5.63. The lowest BCUT2D eigenvalue weighted by Gasteiger charge is -2.18. The van der Waals surface area contributed by atoms with Crippen LogP contribution in [-0.2, 0) is 22.6 Å². The number of rotatable bonds is 4. The molecular weight excluding hydrogens is 333 g/mol. The second kappa shape index (κ2) is 6.56. The number of nitrogens with one attached hydrogen (secondary N) is 2. The number of hydrogen-bond acceptors (Lipinski definition) is 4. The molecule has 126 valence electrons. The topological polar surface area (TPSA) is 80.2 Å². The van der Waals surface area contributed by atoms with Crippen LogP contribution in [0.25, 0.3) is 0 Å². The Morgan fingerprint density at radius 1 is 1.38 bits per heavy atom. The van der Waals surface area contributed by atoms with E-state index in [4.69, 9.17) is 0 Å². The average Bonchev–Trinajstić information content (AvgIpc) is 2.85. The van der Waals surface area contributed by atoms with Gasteiger partial charge in [-0.1, -0.05) is 11.3 Å². The monoisotopic (exact) mass is 349 g/mol. The lowest BCUT2D eigenvalue weighted by atomic mass is 10.0. The average molecular weight is 349 g/mol. The number of thiazole rings is 1. The maximum Gasteiger partial charge on any atom is 0.307 e. The van der Waals surface area contributed by atoms with Gasteiger partial charge in [0.15, 0.2) is 0 Å². The Kier molecular flexibility index (Phi) is 4.48. The molecule has 1 aromatic heterocycles. The summed E-state index contributed by atoms with van der Waals surface area (Å²) >= 11 is 1.08. The van der Waals surface area contributed by atoms with Gasteiger partial charge in [0.1, 0.15) is 5.82 Å². The summed E-state index contributed by atoms with van der Waals surface area (Å²) in [7, 11) is 0. The summed E-state index contributed by atoms with van der Waals surface area (Å²) in [6.45, 7) is 2.03. The standard InChI is InChI=1S/C16H16FN3O3S/c1-9-8-24-16(23)20(9)5-4-15(22)19-13-7-12-10(6-11(13)17)2-3-14(21)18-12/h6-8H,2-5H2,1H3,(H,18,21)(H,19,22). The number of carbonyl (C=O) groups is 2. The third-order valence-corrected chi connectivity index (χ3v) is 4.78. The molecule has 2 amide bonds. The normalized spacial score (nSPS) is 13.3.